The first-order chi connectivity index (χ1) is 16.0. The molecule has 1 saturated carbocycles. The van der Waals surface area contributed by atoms with Gasteiger partial charge in [-0.1, -0.05) is 47.7 Å². The number of thiophene rings is 1. The SMILES string of the molecule is C=CCn1c(SCC(=O)Nc2nc(-c3ccc(C)cc3)cs2)nc2scc(C3CC3)c2c1=O. The van der Waals surface area contributed by atoms with Gasteiger partial charge in [0.15, 0.2) is 10.3 Å². The molecule has 0 bridgehead atoms. The van der Waals surface area contributed by atoms with Crippen LogP contribution in [0.4, 0.5) is 5.13 Å². The fourth-order valence-electron chi connectivity index (χ4n) is 3.60. The molecule has 0 unspecified atom stereocenters. The molecule has 1 amide bonds. The van der Waals surface area contributed by atoms with Crippen LogP contribution in [0.5, 0.6) is 0 Å². The van der Waals surface area contributed by atoms with Gasteiger partial charge in [0.25, 0.3) is 5.56 Å². The molecule has 0 spiro atoms. The maximum absolute atomic E-state index is 13.2. The Morgan fingerprint density at radius 1 is 1.24 bits per heavy atom. The lowest BCUT2D eigenvalue weighted by Crippen LogP contribution is -2.23. The predicted molar refractivity (Wildman–Crippen MR) is 138 cm³/mol. The van der Waals surface area contributed by atoms with Gasteiger partial charge in [-0.25, -0.2) is 9.97 Å². The van der Waals surface area contributed by atoms with Crippen molar-refractivity contribution in [3.8, 4) is 11.3 Å². The number of hydrogen-bond acceptors (Lipinski definition) is 7. The molecule has 1 N–H and O–H groups in total. The van der Waals surface area contributed by atoms with Crippen LogP contribution in [0, 0.1) is 6.92 Å². The lowest BCUT2D eigenvalue weighted by Gasteiger charge is -2.10. The van der Waals surface area contributed by atoms with Crippen molar-refractivity contribution in [3.05, 3.63) is 69.2 Å². The number of allylic oxidation sites excluding steroid dienone is 1. The number of thiazole rings is 1. The van der Waals surface area contributed by atoms with Gasteiger partial charge < -0.3 is 5.32 Å². The maximum atomic E-state index is 13.2. The number of carbonyl (C=O) groups excluding carboxylic acids is 1. The number of carbonyl (C=O) groups is 1. The van der Waals surface area contributed by atoms with Gasteiger partial charge in [-0.05, 0) is 36.6 Å². The highest BCUT2D eigenvalue weighted by Crippen LogP contribution is 2.44. The van der Waals surface area contributed by atoms with Crippen LogP contribution in [0.2, 0.25) is 0 Å². The topological polar surface area (TPSA) is 76.9 Å². The van der Waals surface area contributed by atoms with E-state index in [1.165, 1.54) is 40.0 Å². The first kappa shape index (κ1) is 22.1. The summed E-state index contributed by atoms with van der Waals surface area (Å²) >= 11 is 4.15. The van der Waals surface area contributed by atoms with Crippen molar-refractivity contribution < 1.29 is 4.79 Å². The average Bonchev–Trinajstić information content (AvgIpc) is 3.39. The molecule has 0 radical (unpaired) electrons. The predicted octanol–water partition coefficient (Wildman–Crippen LogP) is 5.68. The summed E-state index contributed by atoms with van der Waals surface area (Å²) in [7, 11) is 0. The first-order valence-electron chi connectivity index (χ1n) is 10.6. The van der Waals surface area contributed by atoms with E-state index < -0.39 is 0 Å². The van der Waals surface area contributed by atoms with Crippen molar-refractivity contribution >= 4 is 55.7 Å². The summed E-state index contributed by atoms with van der Waals surface area (Å²) in [6, 6.07) is 8.12. The third-order valence-electron chi connectivity index (χ3n) is 5.45. The number of nitrogens with one attached hydrogen (secondary N) is 1. The molecule has 1 aliphatic rings. The fraction of sp³-hybridized carbons (Fsp3) is 0.250. The van der Waals surface area contributed by atoms with Crippen LogP contribution in [0.25, 0.3) is 21.5 Å². The Morgan fingerprint density at radius 2 is 2.03 bits per heavy atom. The number of aryl methyl sites for hydroxylation is 1. The van der Waals surface area contributed by atoms with Crippen LogP contribution in [0.1, 0.15) is 29.9 Å². The molecule has 0 aliphatic heterocycles. The summed E-state index contributed by atoms with van der Waals surface area (Å²) in [6.45, 7) is 6.18. The lowest BCUT2D eigenvalue weighted by molar-refractivity contribution is -0.113. The first-order valence-corrected chi connectivity index (χ1v) is 13.4. The minimum Gasteiger partial charge on any atom is -0.301 e. The van der Waals surface area contributed by atoms with Crippen LogP contribution in [0.15, 0.2) is 57.6 Å². The molecule has 3 heterocycles. The molecule has 9 heteroatoms. The highest BCUT2D eigenvalue weighted by Gasteiger charge is 2.29. The number of hydrogen-bond donors (Lipinski definition) is 1. The number of benzene rings is 1. The molecule has 1 fully saturated rings. The quantitative estimate of drug-likeness (QED) is 0.194. The minimum absolute atomic E-state index is 0.0476. The Labute approximate surface area is 203 Å². The van der Waals surface area contributed by atoms with Gasteiger partial charge in [0.05, 0.1) is 16.8 Å². The number of nitrogens with zero attached hydrogens (tertiary/aromatic N) is 3. The van der Waals surface area contributed by atoms with Gasteiger partial charge >= 0.3 is 0 Å². The Bertz CT molecular complexity index is 1400. The smallest absolute Gasteiger partial charge is 0.263 e. The van der Waals surface area contributed by atoms with Crippen molar-refractivity contribution in [1.29, 1.82) is 0 Å². The Balaban J connectivity index is 1.31. The van der Waals surface area contributed by atoms with E-state index in [9.17, 15) is 9.59 Å². The van der Waals surface area contributed by atoms with Gasteiger partial charge in [0.1, 0.15) is 4.83 Å². The molecule has 1 aliphatic carbocycles. The third kappa shape index (κ3) is 4.66. The highest BCUT2D eigenvalue weighted by atomic mass is 32.2. The summed E-state index contributed by atoms with van der Waals surface area (Å²) in [6.07, 6.45) is 3.95. The largest absolute Gasteiger partial charge is 0.301 e. The zero-order chi connectivity index (χ0) is 22.9. The Kier molecular flexibility index (Phi) is 6.18. The molecular weight excluding hydrogens is 472 g/mol. The molecule has 5 rings (SSSR count). The minimum atomic E-state index is -0.186. The average molecular weight is 495 g/mol. The summed E-state index contributed by atoms with van der Waals surface area (Å²) in [5, 5.41) is 8.66. The fourth-order valence-corrected chi connectivity index (χ4v) is 6.20. The van der Waals surface area contributed by atoms with Gasteiger partial charge in [0, 0.05) is 17.5 Å². The Morgan fingerprint density at radius 3 is 2.76 bits per heavy atom. The lowest BCUT2D eigenvalue weighted by atomic mass is 10.1. The van der Waals surface area contributed by atoms with Gasteiger partial charge in [-0.2, -0.15) is 0 Å². The molecular formula is C24H22N4O2S3. The van der Waals surface area contributed by atoms with Crippen LogP contribution in [-0.4, -0.2) is 26.2 Å². The molecule has 6 nitrogen and oxygen atoms in total. The number of thioether (sulfide) groups is 1. The second-order valence-electron chi connectivity index (χ2n) is 7.99. The number of amides is 1. The van der Waals surface area contributed by atoms with E-state index in [0.717, 1.165) is 39.9 Å². The van der Waals surface area contributed by atoms with E-state index in [1.54, 1.807) is 10.6 Å². The van der Waals surface area contributed by atoms with Crippen molar-refractivity contribution in [2.24, 2.45) is 0 Å². The monoisotopic (exact) mass is 494 g/mol. The molecule has 0 saturated heterocycles. The van der Waals surface area contributed by atoms with E-state index in [1.807, 2.05) is 36.6 Å². The number of rotatable bonds is 8. The van der Waals surface area contributed by atoms with Gasteiger partial charge in [-0.15, -0.1) is 29.3 Å². The second kappa shape index (κ2) is 9.24. The summed E-state index contributed by atoms with van der Waals surface area (Å²) in [5.41, 5.74) is 4.10. The van der Waals surface area contributed by atoms with Crippen LogP contribution < -0.4 is 10.9 Å². The van der Waals surface area contributed by atoms with Crippen molar-refractivity contribution in [3.63, 3.8) is 0 Å². The van der Waals surface area contributed by atoms with Gasteiger partial charge in [-0.3, -0.25) is 14.2 Å². The second-order valence-corrected chi connectivity index (χ2v) is 10.6. The standard InChI is InChI=1S/C24H22N4O2S3/c1-3-10-28-22(30)20-17(15-8-9-15)11-31-21(20)27-24(28)33-13-19(29)26-23-25-18(12-32-23)16-6-4-14(2)5-7-16/h3-7,11-12,15H,1,8-10,13H2,2H3,(H,25,26,29). The van der Waals surface area contributed by atoms with E-state index in [0.29, 0.717) is 22.8 Å². The number of fused-ring (bicyclic) bond motifs is 1. The van der Waals surface area contributed by atoms with Crippen LogP contribution in [-0.2, 0) is 11.3 Å². The molecule has 3 aromatic heterocycles. The number of aromatic nitrogens is 3. The molecule has 4 aromatic rings. The van der Waals surface area contributed by atoms with Gasteiger partial charge in [0.2, 0.25) is 5.91 Å². The number of anilines is 1. The summed E-state index contributed by atoms with van der Waals surface area (Å²) in [4.78, 5) is 35.8. The van der Waals surface area contributed by atoms with Crippen LogP contribution >= 0.6 is 34.4 Å². The Hall–Kier alpha value is -2.75. The molecule has 1 aromatic carbocycles. The van der Waals surface area contributed by atoms with Crippen molar-refractivity contribution in [1.82, 2.24) is 14.5 Å². The van der Waals surface area contributed by atoms with Crippen LogP contribution in [0.3, 0.4) is 0 Å². The highest BCUT2D eigenvalue weighted by molar-refractivity contribution is 7.99. The molecule has 0 atom stereocenters. The van der Waals surface area contributed by atoms with E-state index in [2.05, 4.69) is 22.3 Å². The summed E-state index contributed by atoms with van der Waals surface area (Å²) in [5.74, 6) is 0.432. The summed E-state index contributed by atoms with van der Waals surface area (Å²) < 4.78 is 1.62. The van der Waals surface area contributed by atoms with E-state index in [4.69, 9.17) is 4.98 Å². The molecule has 168 valence electrons. The zero-order valence-electron chi connectivity index (χ0n) is 18.0. The normalized spacial score (nSPS) is 13.4. The zero-order valence-corrected chi connectivity index (χ0v) is 20.5. The molecule has 33 heavy (non-hydrogen) atoms. The van der Waals surface area contributed by atoms with Crippen molar-refractivity contribution in [2.45, 2.75) is 37.4 Å². The van der Waals surface area contributed by atoms with E-state index in [-0.39, 0.29) is 17.2 Å². The third-order valence-corrected chi connectivity index (χ3v) is 8.07. The van der Waals surface area contributed by atoms with Crippen molar-refractivity contribution in [2.75, 3.05) is 11.1 Å². The van der Waals surface area contributed by atoms with E-state index >= 15 is 0 Å². The maximum Gasteiger partial charge on any atom is 0.263 e.